The molecule has 1 aliphatic rings. The Labute approximate surface area is 125 Å². The fourth-order valence-electron chi connectivity index (χ4n) is 1.98. The topological polar surface area (TPSA) is 73.6 Å². The lowest BCUT2D eigenvalue weighted by molar-refractivity contribution is 0.00781. The number of ether oxygens (including phenoxy) is 2. The van der Waals surface area contributed by atoms with E-state index in [-0.39, 0.29) is 18.0 Å². The summed E-state index contributed by atoms with van der Waals surface area (Å²) in [5.74, 6) is 0.352. The van der Waals surface area contributed by atoms with Crippen molar-refractivity contribution in [3.8, 4) is 5.88 Å². The van der Waals surface area contributed by atoms with Crippen LogP contribution in [0.15, 0.2) is 28.7 Å². The van der Waals surface area contributed by atoms with Gasteiger partial charge in [-0.3, -0.25) is 4.57 Å². The molecule has 118 valence electrons. The number of allylic oxidation sites excluding steroid dienone is 1. The van der Waals surface area contributed by atoms with Crippen LogP contribution in [-0.2, 0) is 4.74 Å². The van der Waals surface area contributed by atoms with Crippen LogP contribution in [0.25, 0.3) is 0 Å². The van der Waals surface area contributed by atoms with Gasteiger partial charge in [0, 0.05) is 19.4 Å². The van der Waals surface area contributed by atoms with Crippen LogP contribution in [0.2, 0.25) is 0 Å². The molecule has 1 aromatic rings. The van der Waals surface area contributed by atoms with Crippen LogP contribution in [0.4, 0.5) is 0 Å². The smallest absolute Gasteiger partial charge is 0.352 e. The fourth-order valence-corrected chi connectivity index (χ4v) is 1.98. The minimum atomic E-state index is -0.325. The van der Waals surface area contributed by atoms with Gasteiger partial charge in [-0.15, -0.1) is 0 Å². The first-order valence-electron chi connectivity index (χ1n) is 7.02. The molecule has 0 bridgehead atoms. The van der Waals surface area contributed by atoms with E-state index < -0.39 is 0 Å². The van der Waals surface area contributed by atoms with E-state index in [2.05, 4.69) is 4.98 Å². The summed E-state index contributed by atoms with van der Waals surface area (Å²) in [6.07, 6.45) is 5.45. The summed E-state index contributed by atoms with van der Waals surface area (Å²) in [6, 6.07) is 1.70. The summed E-state index contributed by atoms with van der Waals surface area (Å²) in [5, 5.41) is 7.00. The highest BCUT2D eigenvalue weighted by Gasteiger charge is 2.24. The predicted molar refractivity (Wildman–Crippen MR) is 80.4 cm³/mol. The second-order valence-corrected chi connectivity index (χ2v) is 5.03. The van der Waals surface area contributed by atoms with Crippen molar-refractivity contribution in [3.05, 3.63) is 34.4 Å². The molecule has 6 nitrogen and oxygen atoms in total. The number of aliphatic hydroxyl groups excluding tert-OH is 1. The monoisotopic (exact) mass is 296 g/mol. The molecule has 0 amide bonds. The van der Waals surface area contributed by atoms with Crippen molar-refractivity contribution in [2.24, 2.45) is 0 Å². The SMILES string of the molecule is CC(C)=CCOc1ccn(C2CCC(C)O2)c(=O)n1.CO. The molecule has 2 atom stereocenters. The van der Waals surface area contributed by atoms with Gasteiger partial charge in [0.05, 0.1) is 6.10 Å². The fraction of sp³-hybridized carbons (Fsp3) is 0.600. The third-order valence-corrected chi connectivity index (χ3v) is 3.05. The molecule has 2 unspecified atom stereocenters. The van der Waals surface area contributed by atoms with Crippen molar-refractivity contribution in [1.82, 2.24) is 9.55 Å². The average Bonchev–Trinajstić information content (AvgIpc) is 2.87. The number of rotatable bonds is 4. The number of aliphatic hydroxyl groups is 1. The number of hydrogen-bond acceptors (Lipinski definition) is 5. The number of hydrogen-bond donors (Lipinski definition) is 1. The van der Waals surface area contributed by atoms with Crippen molar-refractivity contribution in [2.75, 3.05) is 13.7 Å². The maximum absolute atomic E-state index is 11.9. The lowest BCUT2D eigenvalue weighted by atomic mass is 10.2. The van der Waals surface area contributed by atoms with E-state index in [4.69, 9.17) is 14.6 Å². The molecule has 0 aliphatic carbocycles. The van der Waals surface area contributed by atoms with Crippen molar-refractivity contribution >= 4 is 0 Å². The second kappa shape index (κ2) is 8.59. The molecular formula is C15H24N2O4. The molecule has 21 heavy (non-hydrogen) atoms. The molecule has 1 saturated heterocycles. The van der Waals surface area contributed by atoms with Crippen LogP contribution in [-0.4, -0.2) is 34.5 Å². The molecule has 0 saturated carbocycles. The minimum absolute atomic E-state index is 0.193. The van der Waals surface area contributed by atoms with Crippen LogP contribution in [0.5, 0.6) is 5.88 Å². The minimum Gasteiger partial charge on any atom is -0.473 e. The van der Waals surface area contributed by atoms with E-state index in [1.807, 2.05) is 26.8 Å². The van der Waals surface area contributed by atoms with Gasteiger partial charge in [0.2, 0.25) is 5.88 Å². The van der Waals surface area contributed by atoms with Crippen LogP contribution in [0.3, 0.4) is 0 Å². The molecule has 2 rings (SSSR count). The second-order valence-electron chi connectivity index (χ2n) is 5.03. The third kappa shape index (κ3) is 5.32. The zero-order valence-corrected chi connectivity index (χ0v) is 13.1. The van der Waals surface area contributed by atoms with Gasteiger partial charge in [-0.2, -0.15) is 4.98 Å². The third-order valence-electron chi connectivity index (χ3n) is 3.05. The summed E-state index contributed by atoms with van der Waals surface area (Å²) in [6.45, 7) is 6.42. The van der Waals surface area contributed by atoms with E-state index >= 15 is 0 Å². The Balaban J connectivity index is 0.00000106. The molecule has 0 radical (unpaired) electrons. The van der Waals surface area contributed by atoms with Gasteiger partial charge in [0.25, 0.3) is 0 Å². The summed E-state index contributed by atoms with van der Waals surface area (Å²) in [4.78, 5) is 15.8. The van der Waals surface area contributed by atoms with Crippen molar-refractivity contribution < 1.29 is 14.6 Å². The molecule has 0 aromatic carbocycles. The highest BCUT2D eigenvalue weighted by Crippen LogP contribution is 2.26. The van der Waals surface area contributed by atoms with Gasteiger partial charge in [0.1, 0.15) is 12.8 Å². The van der Waals surface area contributed by atoms with Gasteiger partial charge >= 0.3 is 5.69 Å². The van der Waals surface area contributed by atoms with Crippen LogP contribution < -0.4 is 10.4 Å². The van der Waals surface area contributed by atoms with Crippen molar-refractivity contribution in [3.63, 3.8) is 0 Å². The van der Waals surface area contributed by atoms with Crippen molar-refractivity contribution in [2.45, 2.75) is 45.9 Å². The summed E-state index contributed by atoms with van der Waals surface area (Å²) < 4.78 is 12.6. The van der Waals surface area contributed by atoms with Gasteiger partial charge in [-0.05, 0) is 39.7 Å². The molecule has 2 heterocycles. The number of aromatic nitrogens is 2. The first kappa shape index (κ1) is 17.4. The molecule has 1 fully saturated rings. The standard InChI is InChI=1S/C14H20N2O3.CH4O/c1-10(2)7-9-18-12-6-8-16(14(17)15-12)13-5-4-11(3)19-13;1-2/h6-8,11,13H,4-5,9H2,1-3H3;2H,1H3. The maximum atomic E-state index is 11.9. The predicted octanol–water partition coefficient (Wildman–Crippen LogP) is 1.89. The number of nitrogens with zero attached hydrogens (tertiary/aromatic N) is 2. The molecule has 0 spiro atoms. The van der Waals surface area contributed by atoms with Gasteiger partial charge in [0.15, 0.2) is 0 Å². The van der Waals surface area contributed by atoms with E-state index in [0.717, 1.165) is 20.0 Å². The lowest BCUT2D eigenvalue weighted by Crippen LogP contribution is -2.26. The Bertz CT molecular complexity index is 521. The molecule has 1 N–H and O–H groups in total. The van der Waals surface area contributed by atoms with Crippen LogP contribution >= 0.6 is 0 Å². The van der Waals surface area contributed by atoms with E-state index in [9.17, 15) is 4.79 Å². The normalized spacial score (nSPS) is 20.4. The Morgan fingerprint density at radius 2 is 2.24 bits per heavy atom. The lowest BCUT2D eigenvalue weighted by Gasteiger charge is -2.14. The van der Waals surface area contributed by atoms with Crippen molar-refractivity contribution in [1.29, 1.82) is 0 Å². The largest absolute Gasteiger partial charge is 0.473 e. The summed E-state index contributed by atoms with van der Waals surface area (Å²) in [7, 11) is 1.00. The zero-order valence-electron chi connectivity index (χ0n) is 13.1. The zero-order chi connectivity index (χ0) is 15.8. The van der Waals surface area contributed by atoms with E-state index in [1.165, 1.54) is 10.1 Å². The molecule has 1 aromatic heterocycles. The van der Waals surface area contributed by atoms with E-state index in [1.54, 1.807) is 12.3 Å². The highest BCUT2D eigenvalue weighted by atomic mass is 16.5. The summed E-state index contributed by atoms with van der Waals surface area (Å²) >= 11 is 0. The average molecular weight is 296 g/mol. The first-order valence-corrected chi connectivity index (χ1v) is 7.02. The highest BCUT2D eigenvalue weighted by molar-refractivity contribution is 5.07. The summed E-state index contributed by atoms with van der Waals surface area (Å²) in [5.41, 5.74) is 0.843. The quantitative estimate of drug-likeness (QED) is 0.859. The Kier molecular flexibility index (Phi) is 7.11. The Hall–Kier alpha value is -1.66. The van der Waals surface area contributed by atoms with Gasteiger partial charge in [-0.1, -0.05) is 5.57 Å². The van der Waals surface area contributed by atoms with E-state index in [0.29, 0.717) is 12.5 Å². The van der Waals surface area contributed by atoms with Crippen LogP contribution in [0, 0.1) is 0 Å². The Morgan fingerprint density at radius 3 is 2.76 bits per heavy atom. The van der Waals surface area contributed by atoms with Gasteiger partial charge < -0.3 is 14.6 Å². The molecule has 6 heteroatoms. The van der Waals surface area contributed by atoms with Crippen LogP contribution in [0.1, 0.15) is 39.8 Å². The first-order chi connectivity index (χ1) is 10.1. The molecular weight excluding hydrogens is 272 g/mol. The molecule has 1 aliphatic heterocycles. The maximum Gasteiger partial charge on any atom is 0.352 e. The Morgan fingerprint density at radius 1 is 1.52 bits per heavy atom. The van der Waals surface area contributed by atoms with Gasteiger partial charge in [-0.25, -0.2) is 4.79 Å².